The number of hydrogen-bond donors (Lipinski definition) is 1. The molecule has 1 heterocycles. The number of rotatable bonds is 1. The zero-order valence-electron chi connectivity index (χ0n) is 9.57. The van der Waals surface area contributed by atoms with Gasteiger partial charge in [-0.05, 0) is 30.4 Å². The molecule has 2 nitrogen and oxygen atoms in total. The number of carbonyl (C=O) groups is 1. The molecule has 84 valence electrons. The Bertz CT molecular complexity index is 426. The van der Waals surface area contributed by atoms with E-state index in [9.17, 15) is 4.79 Å². The minimum Gasteiger partial charge on any atom is -0.326 e. The third kappa shape index (κ3) is 1.29. The molecule has 0 aromatic heterocycles. The second kappa shape index (κ2) is 3.62. The summed E-state index contributed by atoms with van der Waals surface area (Å²) in [5.74, 6) is 1.62. The summed E-state index contributed by atoms with van der Waals surface area (Å²) in [6.07, 6.45) is 3.44. The second-order valence-corrected chi connectivity index (χ2v) is 4.95. The Morgan fingerprint density at radius 2 is 2.12 bits per heavy atom. The first-order valence-corrected chi connectivity index (χ1v) is 6.21. The van der Waals surface area contributed by atoms with Crippen LogP contribution in [0.25, 0.3) is 0 Å². The van der Waals surface area contributed by atoms with Crippen molar-refractivity contribution in [2.75, 3.05) is 5.32 Å². The molecule has 3 atom stereocenters. The average molecular weight is 215 g/mol. The summed E-state index contributed by atoms with van der Waals surface area (Å²) >= 11 is 0. The van der Waals surface area contributed by atoms with Crippen LogP contribution in [0.1, 0.15) is 37.7 Å². The third-order valence-corrected chi connectivity index (χ3v) is 4.23. The molecule has 0 bridgehead atoms. The van der Waals surface area contributed by atoms with Gasteiger partial charge in [0, 0.05) is 17.5 Å². The van der Waals surface area contributed by atoms with Crippen LogP contribution in [0.2, 0.25) is 0 Å². The highest BCUT2D eigenvalue weighted by atomic mass is 16.2. The highest BCUT2D eigenvalue weighted by Gasteiger charge is 2.43. The molecule has 0 spiro atoms. The first-order valence-electron chi connectivity index (χ1n) is 6.21. The van der Waals surface area contributed by atoms with Crippen LogP contribution in [0, 0.1) is 11.8 Å². The molecule has 1 saturated carbocycles. The largest absolute Gasteiger partial charge is 0.326 e. The van der Waals surface area contributed by atoms with Gasteiger partial charge in [-0.15, -0.1) is 0 Å². The minimum atomic E-state index is 0.222. The van der Waals surface area contributed by atoms with Gasteiger partial charge in [0.15, 0.2) is 0 Å². The van der Waals surface area contributed by atoms with Crippen molar-refractivity contribution in [3.63, 3.8) is 0 Å². The fourth-order valence-corrected chi connectivity index (χ4v) is 3.43. The first-order chi connectivity index (χ1) is 7.81. The number of hydrogen-bond acceptors (Lipinski definition) is 1. The quantitative estimate of drug-likeness (QED) is 0.766. The number of nitrogens with one attached hydrogen (secondary N) is 1. The van der Waals surface area contributed by atoms with Crippen LogP contribution in [0.15, 0.2) is 24.3 Å². The molecule has 2 heteroatoms. The Labute approximate surface area is 96.1 Å². The fourth-order valence-electron chi connectivity index (χ4n) is 3.43. The Morgan fingerprint density at radius 1 is 1.31 bits per heavy atom. The molecule has 3 unspecified atom stereocenters. The van der Waals surface area contributed by atoms with E-state index in [0.29, 0.717) is 11.8 Å². The van der Waals surface area contributed by atoms with Crippen LogP contribution in [-0.2, 0) is 4.79 Å². The Kier molecular flexibility index (Phi) is 2.23. The van der Waals surface area contributed by atoms with Crippen molar-refractivity contribution in [1.82, 2.24) is 0 Å². The fraction of sp³-hybridized carbons (Fsp3) is 0.500. The molecule has 1 fully saturated rings. The lowest BCUT2D eigenvalue weighted by molar-refractivity contribution is -0.120. The third-order valence-electron chi connectivity index (χ3n) is 4.23. The molecule has 1 aromatic rings. The monoisotopic (exact) mass is 215 g/mol. The van der Waals surface area contributed by atoms with E-state index in [2.05, 4.69) is 24.4 Å². The molecule has 2 aliphatic rings. The van der Waals surface area contributed by atoms with E-state index in [4.69, 9.17) is 0 Å². The van der Waals surface area contributed by atoms with Crippen molar-refractivity contribution >= 4 is 11.6 Å². The van der Waals surface area contributed by atoms with Gasteiger partial charge in [-0.25, -0.2) is 0 Å². The summed E-state index contributed by atoms with van der Waals surface area (Å²) in [6.45, 7) is 2.24. The number of fused-ring (bicyclic) bond motifs is 3. The Morgan fingerprint density at radius 3 is 2.94 bits per heavy atom. The SMILES string of the molecule is CCC1CCC2C(=O)Nc3ccccc3C12. The zero-order valence-corrected chi connectivity index (χ0v) is 9.57. The number of benzene rings is 1. The van der Waals surface area contributed by atoms with Gasteiger partial charge in [0.05, 0.1) is 0 Å². The van der Waals surface area contributed by atoms with E-state index in [1.54, 1.807) is 0 Å². The lowest BCUT2D eigenvalue weighted by atomic mass is 9.78. The molecule has 16 heavy (non-hydrogen) atoms. The standard InChI is InChI=1S/C14H17NO/c1-2-9-7-8-11-13(9)10-5-3-4-6-12(10)15-14(11)16/h3-6,9,11,13H,2,7-8H2,1H3,(H,15,16). The van der Waals surface area contributed by atoms with Crippen LogP contribution in [0.4, 0.5) is 5.69 Å². The number of anilines is 1. The molecule has 3 rings (SSSR count). The highest BCUT2D eigenvalue weighted by Crippen LogP contribution is 2.50. The number of para-hydroxylation sites is 1. The molecular formula is C14H17NO. The number of carbonyl (C=O) groups excluding carboxylic acids is 1. The van der Waals surface area contributed by atoms with Gasteiger partial charge in [-0.1, -0.05) is 31.5 Å². The molecule has 1 N–H and O–H groups in total. The van der Waals surface area contributed by atoms with E-state index >= 15 is 0 Å². The van der Waals surface area contributed by atoms with Crippen molar-refractivity contribution < 1.29 is 4.79 Å². The van der Waals surface area contributed by atoms with Gasteiger partial charge in [0.2, 0.25) is 5.91 Å². The smallest absolute Gasteiger partial charge is 0.228 e. The van der Waals surface area contributed by atoms with E-state index in [1.165, 1.54) is 18.4 Å². The molecule has 1 amide bonds. The minimum absolute atomic E-state index is 0.222. The summed E-state index contributed by atoms with van der Waals surface area (Å²) in [7, 11) is 0. The van der Waals surface area contributed by atoms with Crippen LogP contribution in [-0.4, -0.2) is 5.91 Å². The summed E-state index contributed by atoms with van der Waals surface area (Å²) in [5, 5.41) is 3.04. The summed E-state index contributed by atoms with van der Waals surface area (Å²) in [4.78, 5) is 12.0. The predicted molar refractivity (Wildman–Crippen MR) is 64.3 cm³/mol. The first kappa shape index (κ1) is 9.88. The van der Waals surface area contributed by atoms with Crippen molar-refractivity contribution in [1.29, 1.82) is 0 Å². The van der Waals surface area contributed by atoms with E-state index in [0.717, 1.165) is 12.1 Å². The van der Waals surface area contributed by atoms with Crippen LogP contribution in [0.5, 0.6) is 0 Å². The zero-order chi connectivity index (χ0) is 11.1. The van der Waals surface area contributed by atoms with Gasteiger partial charge in [0.25, 0.3) is 0 Å². The van der Waals surface area contributed by atoms with Crippen molar-refractivity contribution in [3.05, 3.63) is 29.8 Å². The maximum atomic E-state index is 12.0. The maximum Gasteiger partial charge on any atom is 0.228 e. The van der Waals surface area contributed by atoms with Gasteiger partial charge in [-0.3, -0.25) is 4.79 Å². The summed E-state index contributed by atoms with van der Waals surface area (Å²) in [5.41, 5.74) is 2.39. The summed E-state index contributed by atoms with van der Waals surface area (Å²) in [6, 6.07) is 8.28. The lowest BCUT2D eigenvalue weighted by Crippen LogP contribution is -2.32. The maximum absolute atomic E-state index is 12.0. The van der Waals surface area contributed by atoms with Gasteiger partial charge < -0.3 is 5.32 Å². The Hall–Kier alpha value is -1.31. The van der Waals surface area contributed by atoms with Crippen molar-refractivity contribution in [2.45, 2.75) is 32.1 Å². The average Bonchev–Trinajstić information content (AvgIpc) is 2.74. The molecular weight excluding hydrogens is 198 g/mol. The Balaban J connectivity index is 2.08. The van der Waals surface area contributed by atoms with Crippen molar-refractivity contribution in [3.8, 4) is 0 Å². The topological polar surface area (TPSA) is 29.1 Å². The van der Waals surface area contributed by atoms with Gasteiger partial charge in [-0.2, -0.15) is 0 Å². The second-order valence-electron chi connectivity index (χ2n) is 4.95. The molecule has 1 aliphatic carbocycles. The summed E-state index contributed by atoms with van der Waals surface area (Å²) < 4.78 is 0. The van der Waals surface area contributed by atoms with Crippen LogP contribution >= 0.6 is 0 Å². The van der Waals surface area contributed by atoms with Crippen LogP contribution < -0.4 is 5.32 Å². The molecule has 1 aromatic carbocycles. The highest BCUT2D eigenvalue weighted by molar-refractivity contribution is 5.96. The van der Waals surface area contributed by atoms with Crippen LogP contribution in [0.3, 0.4) is 0 Å². The van der Waals surface area contributed by atoms with E-state index in [-0.39, 0.29) is 11.8 Å². The van der Waals surface area contributed by atoms with Crippen molar-refractivity contribution in [2.24, 2.45) is 11.8 Å². The number of amides is 1. The molecule has 0 radical (unpaired) electrons. The van der Waals surface area contributed by atoms with E-state index < -0.39 is 0 Å². The van der Waals surface area contributed by atoms with Gasteiger partial charge >= 0.3 is 0 Å². The molecule has 1 aliphatic heterocycles. The predicted octanol–water partition coefficient (Wildman–Crippen LogP) is 3.16. The van der Waals surface area contributed by atoms with Gasteiger partial charge in [0.1, 0.15) is 0 Å². The lowest BCUT2D eigenvalue weighted by Gasteiger charge is -2.31. The molecule has 0 saturated heterocycles. The van der Waals surface area contributed by atoms with E-state index in [1.807, 2.05) is 12.1 Å². The normalized spacial score (nSPS) is 31.8.